The lowest BCUT2D eigenvalue weighted by Crippen LogP contribution is -2.40. The molecule has 1 atom stereocenters. The predicted octanol–water partition coefficient (Wildman–Crippen LogP) is 14.6. The van der Waals surface area contributed by atoms with E-state index in [2.05, 4.69) is 150 Å². The summed E-state index contributed by atoms with van der Waals surface area (Å²) >= 11 is 0. The van der Waals surface area contributed by atoms with Crippen LogP contribution in [0.25, 0.3) is 105 Å². The van der Waals surface area contributed by atoms with E-state index in [-0.39, 0.29) is 5.92 Å². The molecule has 69 heavy (non-hydrogen) atoms. The van der Waals surface area contributed by atoms with E-state index < -0.39 is 11.1 Å². The first-order valence-electron chi connectivity index (χ1n) is 23.3. The van der Waals surface area contributed by atoms with Crippen LogP contribution in [0.1, 0.15) is 22.6 Å². The number of rotatable bonds is 6. The van der Waals surface area contributed by atoms with Gasteiger partial charge in [-0.1, -0.05) is 164 Å². The van der Waals surface area contributed by atoms with Crippen molar-refractivity contribution in [2.24, 2.45) is 0 Å². The molecular formula is C63H39N3O3. The monoisotopic (exact) mass is 885 g/mol. The Morgan fingerprint density at radius 2 is 0.928 bits per heavy atom. The fourth-order valence-corrected chi connectivity index (χ4v) is 11.1. The van der Waals surface area contributed by atoms with Crippen LogP contribution in [0, 0.1) is 0 Å². The summed E-state index contributed by atoms with van der Waals surface area (Å²) in [6.07, 6.45) is 0. The van der Waals surface area contributed by atoms with Crippen LogP contribution in [-0.2, 0) is 0 Å². The summed E-state index contributed by atoms with van der Waals surface area (Å²) in [6.45, 7) is 0. The number of para-hydroxylation sites is 4. The number of furan rings is 1. The topological polar surface area (TPSA) is 62.1 Å². The number of aromatic nitrogens is 3. The fraction of sp³-hybridized carbons (Fsp3) is 0.0159. The summed E-state index contributed by atoms with van der Waals surface area (Å²) in [4.78, 5) is 30.1. The Hall–Kier alpha value is -9.26. The van der Waals surface area contributed by atoms with Crippen molar-refractivity contribution in [3.05, 3.63) is 268 Å². The summed E-state index contributed by atoms with van der Waals surface area (Å²) in [7, 11) is 0. The SMILES string of the molecule is O=c1c(=O)n(-c2ccc3c(c2)c2ccccc2n3-c2ccccc2)c2cc(-c3ccc(-c4cccc5c4oc4ccccc45)cc3)ccc2n1-c1ccc2c(c1)-c1ccccc1C2c1ccccc1. The molecule has 0 aliphatic heterocycles. The van der Waals surface area contributed by atoms with E-state index in [0.29, 0.717) is 22.4 Å². The van der Waals surface area contributed by atoms with Gasteiger partial charge < -0.3 is 8.98 Å². The zero-order chi connectivity index (χ0) is 45.7. The Balaban J connectivity index is 0.969. The van der Waals surface area contributed by atoms with E-state index >= 15 is 4.79 Å². The van der Waals surface area contributed by atoms with Gasteiger partial charge in [-0.25, -0.2) is 0 Å². The summed E-state index contributed by atoms with van der Waals surface area (Å²) in [6, 6.07) is 78.9. The van der Waals surface area contributed by atoms with E-state index in [9.17, 15) is 4.79 Å². The fourth-order valence-electron chi connectivity index (χ4n) is 11.1. The highest BCUT2D eigenvalue weighted by Gasteiger charge is 2.30. The van der Waals surface area contributed by atoms with Gasteiger partial charge in [-0.05, 0) is 111 Å². The predicted molar refractivity (Wildman–Crippen MR) is 280 cm³/mol. The Labute approximate surface area is 395 Å². The molecule has 3 heterocycles. The summed E-state index contributed by atoms with van der Waals surface area (Å²) < 4.78 is 11.9. The number of fused-ring (bicyclic) bond motifs is 10. The van der Waals surface area contributed by atoms with Gasteiger partial charge in [0, 0.05) is 38.7 Å². The lowest BCUT2D eigenvalue weighted by molar-refractivity contribution is 0.670. The van der Waals surface area contributed by atoms with Crippen LogP contribution in [0.2, 0.25) is 0 Å². The zero-order valence-electron chi connectivity index (χ0n) is 37.1. The molecule has 0 spiro atoms. The van der Waals surface area contributed by atoms with Crippen molar-refractivity contribution in [2.75, 3.05) is 0 Å². The van der Waals surface area contributed by atoms with Crippen molar-refractivity contribution < 1.29 is 4.42 Å². The van der Waals surface area contributed by atoms with Crippen LogP contribution in [0.15, 0.2) is 245 Å². The van der Waals surface area contributed by atoms with Gasteiger partial charge in [-0.2, -0.15) is 0 Å². The molecule has 10 aromatic carbocycles. The first-order chi connectivity index (χ1) is 34.1. The van der Waals surface area contributed by atoms with Gasteiger partial charge in [0.25, 0.3) is 0 Å². The largest absolute Gasteiger partial charge is 0.455 e. The molecule has 6 nitrogen and oxygen atoms in total. The molecule has 13 aromatic rings. The van der Waals surface area contributed by atoms with E-state index in [1.54, 1.807) is 9.13 Å². The van der Waals surface area contributed by atoms with Crippen LogP contribution in [0.5, 0.6) is 0 Å². The quantitative estimate of drug-likeness (QED) is 0.156. The lowest BCUT2D eigenvalue weighted by Gasteiger charge is -2.18. The molecule has 3 aromatic heterocycles. The molecule has 1 aliphatic carbocycles. The van der Waals surface area contributed by atoms with Gasteiger partial charge in [0.1, 0.15) is 11.2 Å². The minimum absolute atomic E-state index is 0.0521. The van der Waals surface area contributed by atoms with Crippen molar-refractivity contribution in [3.8, 4) is 50.4 Å². The molecule has 14 rings (SSSR count). The van der Waals surface area contributed by atoms with Crippen molar-refractivity contribution in [2.45, 2.75) is 5.92 Å². The third-order valence-electron chi connectivity index (χ3n) is 14.2. The smallest absolute Gasteiger partial charge is 0.321 e. The van der Waals surface area contributed by atoms with Gasteiger partial charge >= 0.3 is 11.1 Å². The van der Waals surface area contributed by atoms with Crippen LogP contribution < -0.4 is 11.1 Å². The van der Waals surface area contributed by atoms with Crippen molar-refractivity contribution in [1.82, 2.24) is 13.7 Å². The van der Waals surface area contributed by atoms with Crippen LogP contribution >= 0.6 is 0 Å². The molecule has 1 unspecified atom stereocenters. The molecule has 0 saturated heterocycles. The van der Waals surface area contributed by atoms with Gasteiger partial charge in [0.15, 0.2) is 0 Å². The van der Waals surface area contributed by atoms with Gasteiger partial charge in [0.2, 0.25) is 0 Å². The normalized spacial score (nSPS) is 13.2. The van der Waals surface area contributed by atoms with Crippen LogP contribution in [0.3, 0.4) is 0 Å². The molecule has 324 valence electrons. The van der Waals surface area contributed by atoms with E-state index in [1.165, 1.54) is 16.7 Å². The molecular weight excluding hydrogens is 847 g/mol. The standard InChI is InChI=1S/C63H39N3O3/c67-62-63(68)66(45-32-35-56-54(38-45)48-19-9-11-24-55(48)64(56)43-16-5-2-6-17-43)58-36-42(39-26-28-40(29-27-39)46-22-13-23-52-49-20-10-12-25-59(49)69-61(46)52)30-34-57(58)65(62)44-31-33-51-53(37-44)47-18-7-8-21-50(47)60(51)41-14-3-1-4-15-41/h1-38,60H. The molecule has 0 N–H and O–H groups in total. The Kier molecular flexibility index (Phi) is 8.55. The second-order valence-corrected chi connectivity index (χ2v) is 17.9. The molecule has 0 amide bonds. The Morgan fingerprint density at radius 1 is 0.333 bits per heavy atom. The van der Waals surface area contributed by atoms with Crippen molar-refractivity contribution >= 4 is 54.8 Å². The summed E-state index contributed by atoms with van der Waals surface area (Å²) in [5, 5.41) is 4.20. The molecule has 0 fully saturated rings. The van der Waals surface area contributed by atoms with Gasteiger partial charge in [0.05, 0.1) is 33.4 Å². The van der Waals surface area contributed by atoms with E-state index in [0.717, 1.165) is 82.8 Å². The first-order valence-corrected chi connectivity index (χ1v) is 23.3. The molecule has 0 saturated carbocycles. The number of hydrogen-bond donors (Lipinski definition) is 0. The average Bonchev–Trinajstić information content (AvgIpc) is 4.07. The number of nitrogens with zero attached hydrogens (tertiary/aromatic N) is 3. The molecule has 6 heteroatoms. The van der Waals surface area contributed by atoms with Gasteiger partial charge in [-0.15, -0.1) is 0 Å². The van der Waals surface area contributed by atoms with Crippen molar-refractivity contribution in [3.63, 3.8) is 0 Å². The molecule has 0 bridgehead atoms. The first kappa shape index (κ1) is 39.0. The minimum atomic E-state index is -0.636. The highest BCUT2D eigenvalue weighted by molar-refractivity contribution is 6.11. The highest BCUT2D eigenvalue weighted by Crippen LogP contribution is 2.48. The van der Waals surface area contributed by atoms with Crippen LogP contribution in [0.4, 0.5) is 0 Å². The maximum atomic E-state index is 15.1. The summed E-state index contributed by atoms with van der Waals surface area (Å²) in [5.41, 5.74) is 15.7. The minimum Gasteiger partial charge on any atom is -0.455 e. The molecule has 1 aliphatic rings. The summed E-state index contributed by atoms with van der Waals surface area (Å²) in [5.74, 6) is 0.0521. The van der Waals surface area contributed by atoms with Gasteiger partial charge in [-0.3, -0.25) is 18.7 Å². The average molecular weight is 886 g/mol. The maximum absolute atomic E-state index is 15.1. The second kappa shape index (κ2) is 15.1. The lowest BCUT2D eigenvalue weighted by atomic mass is 9.89. The maximum Gasteiger partial charge on any atom is 0.321 e. The van der Waals surface area contributed by atoms with Crippen LogP contribution in [-0.4, -0.2) is 13.7 Å². The Morgan fingerprint density at radius 3 is 1.77 bits per heavy atom. The number of benzene rings is 10. The third-order valence-corrected chi connectivity index (χ3v) is 14.2. The second-order valence-electron chi connectivity index (χ2n) is 17.9. The zero-order valence-corrected chi connectivity index (χ0v) is 37.1. The third kappa shape index (κ3) is 5.92. The van der Waals surface area contributed by atoms with E-state index in [1.807, 2.05) is 84.9 Å². The highest BCUT2D eigenvalue weighted by atomic mass is 16.3. The molecule has 0 radical (unpaired) electrons. The van der Waals surface area contributed by atoms with Crippen molar-refractivity contribution in [1.29, 1.82) is 0 Å². The van der Waals surface area contributed by atoms with E-state index in [4.69, 9.17) is 4.42 Å². The Bertz CT molecular complexity index is 4350. The number of hydrogen-bond acceptors (Lipinski definition) is 3.